The van der Waals surface area contributed by atoms with Crippen molar-refractivity contribution in [1.29, 1.82) is 0 Å². The minimum Gasteiger partial charge on any atom is -0.339 e. The summed E-state index contributed by atoms with van der Waals surface area (Å²) in [5.74, 6) is -1.41. The third kappa shape index (κ3) is 3.40. The quantitative estimate of drug-likeness (QED) is 0.673. The number of nitrogens with zero attached hydrogens (tertiary/aromatic N) is 3. The van der Waals surface area contributed by atoms with E-state index in [9.17, 15) is 18.4 Å². The Morgan fingerprint density at radius 2 is 1.75 bits per heavy atom. The highest BCUT2D eigenvalue weighted by molar-refractivity contribution is 7.17. The molecule has 0 spiro atoms. The van der Waals surface area contributed by atoms with Crippen molar-refractivity contribution >= 4 is 33.4 Å². The third-order valence-electron chi connectivity index (χ3n) is 5.10. The summed E-state index contributed by atoms with van der Waals surface area (Å²) in [7, 11) is 0. The molecule has 1 aliphatic heterocycles. The van der Waals surface area contributed by atoms with E-state index in [1.807, 2.05) is 17.5 Å². The summed E-state index contributed by atoms with van der Waals surface area (Å²) in [5.41, 5.74) is 1.64. The van der Waals surface area contributed by atoms with E-state index in [4.69, 9.17) is 0 Å². The molecule has 0 atom stereocenters. The number of hydrogen-bond acceptors (Lipinski definition) is 3. The molecule has 3 aromatic rings. The van der Waals surface area contributed by atoms with Crippen LogP contribution in [0.5, 0.6) is 0 Å². The molecule has 1 fully saturated rings. The molecule has 0 aliphatic carbocycles. The van der Waals surface area contributed by atoms with Crippen LogP contribution in [-0.2, 0) is 11.3 Å². The Bertz CT molecular complexity index is 1050. The van der Waals surface area contributed by atoms with Crippen molar-refractivity contribution in [3.63, 3.8) is 0 Å². The number of piperazine rings is 1. The van der Waals surface area contributed by atoms with E-state index >= 15 is 0 Å². The molecule has 0 unspecified atom stereocenters. The minimum atomic E-state index is -0.634. The Labute approximate surface area is 164 Å². The van der Waals surface area contributed by atoms with Crippen LogP contribution in [-0.4, -0.2) is 52.4 Å². The molecule has 2 aromatic heterocycles. The second-order valence-corrected chi connectivity index (χ2v) is 7.77. The maximum absolute atomic E-state index is 14.2. The first kappa shape index (κ1) is 18.6. The molecule has 1 aromatic carbocycles. The van der Waals surface area contributed by atoms with Crippen LogP contribution in [0.3, 0.4) is 0 Å². The van der Waals surface area contributed by atoms with Gasteiger partial charge in [0.25, 0.3) is 5.91 Å². The smallest absolute Gasteiger partial charge is 0.270 e. The van der Waals surface area contributed by atoms with E-state index in [1.165, 1.54) is 30.4 Å². The van der Waals surface area contributed by atoms with Gasteiger partial charge in [-0.05, 0) is 23.6 Å². The van der Waals surface area contributed by atoms with Crippen LogP contribution in [0.4, 0.5) is 8.78 Å². The number of carbonyl (C=O) groups excluding carboxylic acids is 2. The van der Waals surface area contributed by atoms with E-state index in [0.717, 1.165) is 16.3 Å². The van der Waals surface area contributed by atoms with Gasteiger partial charge in [-0.1, -0.05) is 6.07 Å². The van der Waals surface area contributed by atoms with Gasteiger partial charge in [-0.2, -0.15) is 0 Å². The van der Waals surface area contributed by atoms with E-state index in [2.05, 4.69) is 0 Å². The lowest BCUT2D eigenvalue weighted by Gasteiger charge is -2.34. The predicted molar refractivity (Wildman–Crippen MR) is 103 cm³/mol. The fourth-order valence-electron chi connectivity index (χ4n) is 3.53. The zero-order valence-corrected chi connectivity index (χ0v) is 16.1. The average molecular weight is 403 g/mol. The first-order valence-electron chi connectivity index (χ1n) is 8.99. The molecule has 146 valence electrons. The van der Waals surface area contributed by atoms with Crippen molar-refractivity contribution in [2.75, 3.05) is 26.2 Å². The number of benzene rings is 1. The van der Waals surface area contributed by atoms with E-state index in [0.29, 0.717) is 37.4 Å². The zero-order chi connectivity index (χ0) is 19.8. The van der Waals surface area contributed by atoms with E-state index < -0.39 is 11.6 Å². The molecule has 0 N–H and O–H groups in total. The van der Waals surface area contributed by atoms with Crippen LogP contribution in [0.1, 0.15) is 23.0 Å². The molecule has 3 heterocycles. The summed E-state index contributed by atoms with van der Waals surface area (Å²) in [6, 6.07) is 7.19. The number of rotatable bonds is 3. The molecular weight excluding hydrogens is 384 g/mol. The lowest BCUT2D eigenvalue weighted by atomic mass is 10.2. The van der Waals surface area contributed by atoms with Crippen LogP contribution in [0.15, 0.2) is 35.7 Å². The maximum Gasteiger partial charge on any atom is 0.270 e. The van der Waals surface area contributed by atoms with E-state index in [-0.39, 0.29) is 18.4 Å². The van der Waals surface area contributed by atoms with Gasteiger partial charge in [0.15, 0.2) is 0 Å². The van der Waals surface area contributed by atoms with Crippen LogP contribution in [0.2, 0.25) is 0 Å². The van der Waals surface area contributed by atoms with Crippen LogP contribution in [0.25, 0.3) is 10.2 Å². The number of amides is 2. The Morgan fingerprint density at radius 1 is 1.04 bits per heavy atom. The monoisotopic (exact) mass is 403 g/mol. The lowest BCUT2D eigenvalue weighted by Crippen LogP contribution is -2.50. The van der Waals surface area contributed by atoms with E-state index in [1.54, 1.807) is 14.4 Å². The van der Waals surface area contributed by atoms with Crippen molar-refractivity contribution in [3.8, 4) is 0 Å². The summed E-state index contributed by atoms with van der Waals surface area (Å²) in [6.07, 6.45) is 0. The van der Waals surface area contributed by atoms with Crippen molar-refractivity contribution in [1.82, 2.24) is 14.4 Å². The van der Waals surface area contributed by atoms with Gasteiger partial charge in [0.1, 0.15) is 17.3 Å². The number of carbonyl (C=O) groups is 2. The van der Waals surface area contributed by atoms with Gasteiger partial charge in [-0.15, -0.1) is 11.3 Å². The number of halogens is 2. The van der Waals surface area contributed by atoms with Crippen LogP contribution >= 0.6 is 11.3 Å². The highest BCUT2D eigenvalue weighted by Gasteiger charge is 2.26. The molecule has 4 rings (SSSR count). The Kier molecular flexibility index (Phi) is 4.89. The fourth-order valence-corrected chi connectivity index (χ4v) is 4.35. The molecule has 8 heteroatoms. The zero-order valence-electron chi connectivity index (χ0n) is 15.3. The maximum atomic E-state index is 14.2. The summed E-state index contributed by atoms with van der Waals surface area (Å²) < 4.78 is 30.1. The van der Waals surface area contributed by atoms with Crippen molar-refractivity contribution < 1.29 is 18.4 Å². The number of hydrogen-bond donors (Lipinski definition) is 0. The van der Waals surface area contributed by atoms with Crippen LogP contribution in [0, 0.1) is 11.6 Å². The second kappa shape index (κ2) is 7.35. The highest BCUT2D eigenvalue weighted by Crippen LogP contribution is 2.28. The molecule has 5 nitrogen and oxygen atoms in total. The molecule has 0 bridgehead atoms. The number of thiophene rings is 1. The molecule has 28 heavy (non-hydrogen) atoms. The Morgan fingerprint density at radius 3 is 2.43 bits per heavy atom. The Balaban J connectivity index is 1.64. The molecular formula is C20H19F2N3O2S. The van der Waals surface area contributed by atoms with Gasteiger partial charge in [-0.3, -0.25) is 9.59 Å². The topological polar surface area (TPSA) is 45.6 Å². The summed E-state index contributed by atoms with van der Waals surface area (Å²) in [6.45, 7) is 3.59. The number of fused-ring (bicyclic) bond motifs is 1. The summed E-state index contributed by atoms with van der Waals surface area (Å²) in [4.78, 5) is 28.1. The van der Waals surface area contributed by atoms with Crippen molar-refractivity contribution in [2.45, 2.75) is 13.5 Å². The highest BCUT2D eigenvalue weighted by atomic mass is 32.1. The predicted octanol–water partition coefficient (Wildman–Crippen LogP) is 3.33. The van der Waals surface area contributed by atoms with Crippen molar-refractivity contribution in [3.05, 3.63) is 58.6 Å². The fraction of sp³-hybridized carbons (Fsp3) is 0.300. The second-order valence-electron chi connectivity index (χ2n) is 6.82. The number of aromatic nitrogens is 1. The largest absolute Gasteiger partial charge is 0.339 e. The van der Waals surface area contributed by atoms with Gasteiger partial charge in [-0.25, -0.2) is 8.78 Å². The van der Waals surface area contributed by atoms with Gasteiger partial charge < -0.3 is 14.4 Å². The lowest BCUT2D eigenvalue weighted by molar-refractivity contribution is -0.130. The Hall–Kier alpha value is -2.74. The SMILES string of the molecule is CC(=O)N1CCN(C(=O)c2cc3sccc3n2Cc2ccc(F)cc2F)CC1. The first-order chi connectivity index (χ1) is 13.4. The molecule has 1 aliphatic rings. The summed E-state index contributed by atoms with van der Waals surface area (Å²) >= 11 is 1.51. The molecule has 1 saturated heterocycles. The minimum absolute atomic E-state index is 0.00257. The van der Waals surface area contributed by atoms with Gasteiger partial charge in [0, 0.05) is 44.7 Å². The molecule has 2 amide bonds. The third-order valence-corrected chi connectivity index (χ3v) is 5.95. The molecule has 0 saturated carbocycles. The molecule has 0 radical (unpaired) electrons. The summed E-state index contributed by atoms with van der Waals surface area (Å²) in [5, 5.41) is 1.92. The first-order valence-corrected chi connectivity index (χ1v) is 9.87. The normalized spacial score (nSPS) is 14.7. The van der Waals surface area contributed by atoms with Crippen molar-refractivity contribution in [2.24, 2.45) is 0 Å². The average Bonchev–Trinajstić information content (AvgIpc) is 3.26. The van der Waals surface area contributed by atoms with Gasteiger partial charge in [0.2, 0.25) is 5.91 Å². The van der Waals surface area contributed by atoms with Gasteiger partial charge >= 0.3 is 0 Å². The standard InChI is InChI=1S/C20H19F2N3O2S/c1-13(26)23-5-7-24(8-6-23)20(27)18-11-19-17(4-9-28-19)25(18)12-14-2-3-15(21)10-16(14)22/h2-4,9-11H,5-8,12H2,1H3. The van der Waals surface area contributed by atoms with Crippen LogP contribution < -0.4 is 0 Å². The van der Waals surface area contributed by atoms with Gasteiger partial charge in [0.05, 0.1) is 16.8 Å².